The van der Waals surface area contributed by atoms with Gasteiger partial charge in [0.05, 0.1) is 30.2 Å². The van der Waals surface area contributed by atoms with Gasteiger partial charge in [-0.15, -0.1) is 0 Å². The SMILES string of the molecule is CCNC1COCC1c1nc2cc(Cl)ccc2n1C. The van der Waals surface area contributed by atoms with Crippen LogP contribution in [-0.2, 0) is 11.8 Å². The predicted octanol–water partition coefficient (Wildman–Crippen LogP) is 2.32. The minimum atomic E-state index is 0.302. The number of halogens is 1. The maximum atomic E-state index is 6.03. The summed E-state index contributed by atoms with van der Waals surface area (Å²) in [7, 11) is 2.06. The van der Waals surface area contributed by atoms with Gasteiger partial charge in [0.15, 0.2) is 0 Å². The lowest BCUT2D eigenvalue weighted by Crippen LogP contribution is -2.35. The highest BCUT2D eigenvalue weighted by Crippen LogP contribution is 2.28. The van der Waals surface area contributed by atoms with E-state index in [4.69, 9.17) is 21.3 Å². The van der Waals surface area contributed by atoms with Crippen molar-refractivity contribution in [2.24, 2.45) is 7.05 Å². The van der Waals surface area contributed by atoms with Crippen molar-refractivity contribution in [3.8, 4) is 0 Å². The van der Waals surface area contributed by atoms with Gasteiger partial charge in [-0.2, -0.15) is 0 Å². The van der Waals surface area contributed by atoms with Gasteiger partial charge in [0.1, 0.15) is 5.82 Å². The number of benzene rings is 1. The predicted molar refractivity (Wildman–Crippen MR) is 76.7 cm³/mol. The summed E-state index contributed by atoms with van der Waals surface area (Å²) in [5, 5.41) is 4.20. The van der Waals surface area contributed by atoms with Crippen molar-refractivity contribution in [2.45, 2.75) is 18.9 Å². The summed E-state index contributed by atoms with van der Waals surface area (Å²) in [6.07, 6.45) is 0. The first-order valence-corrected chi connectivity index (χ1v) is 7.01. The van der Waals surface area contributed by atoms with Crippen molar-refractivity contribution in [3.63, 3.8) is 0 Å². The molecule has 1 aromatic heterocycles. The topological polar surface area (TPSA) is 39.1 Å². The van der Waals surface area contributed by atoms with E-state index in [1.807, 2.05) is 18.2 Å². The van der Waals surface area contributed by atoms with Crippen LogP contribution in [-0.4, -0.2) is 35.4 Å². The first-order chi connectivity index (χ1) is 9.20. The summed E-state index contributed by atoms with van der Waals surface area (Å²) in [6, 6.07) is 6.18. The van der Waals surface area contributed by atoms with E-state index >= 15 is 0 Å². The van der Waals surface area contributed by atoms with Gasteiger partial charge in [0.25, 0.3) is 0 Å². The van der Waals surface area contributed by atoms with Crippen molar-refractivity contribution in [1.29, 1.82) is 0 Å². The molecule has 0 saturated carbocycles. The lowest BCUT2D eigenvalue weighted by atomic mass is 10.0. The fourth-order valence-corrected chi connectivity index (χ4v) is 2.96. The number of imidazole rings is 1. The Bertz CT molecular complexity index is 596. The number of hydrogen-bond donors (Lipinski definition) is 1. The molecule has 1 saturated heterocycles. The van der Waals surface area contributed by atoms with Gasteiger partial charge < -0.3 is 14.6 Å². The van der Waals surface area contributed by atoms with E-state index in [1.54, 1.807) is 0 Å². The number of aromatic nitrogens is 2. The summed E-state index contributed by atoms with van der Waals surface area (Å²) in [5.74, 6) is 1.37. The Morgan fingerprint density at radius 2 is 2.32 bits per heavy atom. The highest BCUT2D eigenvalue weighted by Gasteiger charge is 2.32. The normalized spacial score (nSPS) is 23.3. The van der Waals surface area contributed by atoms with Crippen molar-refractivity contribution >= 4 is 22.6 Å². The van der Waals surface area contributed by atoms with E-state index in [1.165, 1.54) is 0 Å². The van der Waals surface area contributed by atoms with Gasteiger partial charge >= 0.3 is 0 Å². The number of likely N-dealkylation sites (N-methyl/N-ethyl adjacent to an activating group) is 1. The fourth-order valence-electron chi connectivity index (χ4n) is 2.80. The molecule has 0 aliphatic carbocycles. The zero-order chi connectivity index (χ0) is 13.4. The summed E-state index contributed by atoms with van der Waals surface area (Å²) < 4.78 is 7.76. The maximum Gasteiger partial charge on any atom is 0.116 e. The molecule has 2 atom stereocenters. The number of nitrogens with zero attached hydrogens (tertiary/aromatic N) is 2. The quantitative estimate of drug-likeness (QED) is 0.937. The Kier molecular flexibility index (Phi) is 3.48. The molecule has 19 heavy (non-hydrogen) atoms. The third-order valence-electron chi connectivity index (χ3n) is 3.76. The largest absolute Gasteiger partial charge is 0.379 e. The van der Waals surface area contributed by atoms with Crippen LogP contribution >= 0.6 is 11.6 Å². The number of ether oxygens (including phenoxy) is 1. The molecule has 102 valence electrons. The number of nitrogens with one attached hydrogen (secondary N) is 1. The summed E-state index contributed by atoms with van der Waals surface area (Å²) >= 11 is 6.03. The highest BCUT2D eigenvalue weighted by atomic mass is 35.5. The molecule has 0 spiro atoms. The molecule has 2 heterocycles. The second-order valence-electron chi connectivity index (χ2n) is 4.97. The molecule has 5 heteroatoms. The minimum Gasteiger partial charge on any atom is -0.379 e. The van der Waals surface area contributed by atoms with Gasteiger partial charge in [-0.3, -0.25) is 0 Å². The molecule has 1 fully saturated rings. The van der Waals surface area contributed by atoms with Crippen LogP contribution in [0, 0.1) is 0 Å². The number of fused-ring (bicyclic) bond motifs is 1. The lowest BCUT2D eigenvalue weighted by molar-refractivity contribution is 0.187. The first kappa shape index (κ1) is 12.9. The molecular weight excluding hydrogens is 262 g/mol. The molecular formula is C14H18ClN3O. The molecule has 2 unspecified atom stereocenters. The van der Waals surface area contributed by atoms with Gasteiger partial charge in [-0.1, -0.05) is 18.5 Å². The van der Waals surface area contributed by atoms with E-state index in [0.29, 0.717) is 12.0 Å². The molecule has 4 nitrogen and oxygen atoms in total. The molecule has 2 aromatic rings. The second-order valence-corrected chi connectivity index (χ2v) is 5.41. The zero-order valence-corrected chi connectivity index (χ0v) is 11.9. The third-order valence-corrected chi connectivity index (χ3v) is 3.99. The number of aryl methyl sites for hydroxylation is 1. The third kappa shape index (κ3) is 2.24. The van der Waals surface area contributed by atoms with Crippen LogP contribution in [0.5, 0.6) is 0 Å². The van der Waals surface area contributed by atoms with E-state index in [-0.39, 0.29) is 0 Å². The van der Waals surface area contributed by atoms with Crippen molar-refractivity contribution < 1.29 is 4.74 Å². The Morgan fingerprint density at radius 3 is 3.11 bits per heavy atom. The number of hydrogen-bond acceptors (Lipinski definition) is 3. The Morgan fingerprint density at radius 1 is 1.47 bits per heavy atom. The highest BCUT2D eigenvalue weighted by molar-refractivity contribution is 6.31. The standard InChI is InChI=1S/C14H18ClN3O/c1-3-16-12-8-19-7-10(12)14-17-11-6-9(15)4-5-13(11)18(14)2/h4-6,10,12,16H,3,7-8H2,1-2H3. The second kappa shape index (κ2) is 5.12. The fraction of sp³-hybridized carbons (Fsp3) is 0.500. The van der Waals surface area contributed by atoms with Crippen LogP contribution in [0.1, 0.15) is 18.7 Å². The lowest BCUT2D eigenvalue weighted by Gasteiger charge is -2.17. The Balaban J connectivity index is 2.02. The smallest absolute Gasteiger partial charge is 0.116 e. The van der Waals surface area contributed by atoms with Crippen molar-refractivity contribution in [2.75, 3.05) is 19.8 Å². The van der Waals surface area contributed by atoms with Crippen LogP contribution in [0.15, 0.2) is 18.2 Å². The molecule has 0 radical (unpaired) electrons. The molecule has 0 amide bonds. The van der Waals surface area contributed by atoms with E-state index in [0.717, 1.165) is 41.6 Å². The molecule has 1 aliphatic rings. The van der Waals surface area contributed by atoms with E-state index in [2.05, 4.69) is 23.9 Å². The van der Waals surface area contributed by atoms with Crippen molar-refractivity contribution in [3.05, 3.63) is 29.0 Å². The van der Waals surface area contributed by atoms with Crippen LogP contribution < -0.4 is 5.32 Å². The van der Waals surface area contributed by atoms with Gasteiger partial charge in [-0.05, 0) is 24.7 Å². The van der Waals surface area contributed by atoms with Crippen LogP contribution in [0.2, 0.25) is 5.02 Å². The molecule has 1 N–H and O–H groups in total. The van der Waals surface area contributed by atoms with Gasteiger partial charge in [-0.25, -0.2) is 4.98 Å². The Labute approximate surface area is 117 Å². The molecule has 1 aromatic carbocycles. The first-order valence-electron chi connectivity index (χ1n) is 6.63. The summed E-state index contributed by atoms with van der Waals surface area (Å²) in [6.45, 7) is 4.54. The molecule has 0 bridgehead atoms. The van der Waals surface area contributed by atoms with E-state index in [9.17, 15) is 0 Å². The number of rotatable bonds is 3. The average Bonchev–Trinajstić information content (AvgIpc) is 2.95. The maximum absolute atomic E-state index is 6.03. The van der Waals surface area contributed by atoms with Crippen LogP contribution in [0.25, 0.3) is 11.0 Å². The van der Waals surface area contributed by atoms with Crippen LogP contribution in [0.4, 0.5) is 0 Å². The summed E-state index contributed by atoms with van der Waals surface area (Å²) in [5.41, 5.74) is 2.06. The van der Waals surface area contributed by atoms with Crippen LogP contribution in [0.3, 0.4) is 0 Å². The van der Waals surface area contributed by atoms with Gasteiger partial charge in [0.2, 0.25) is 0 Å². The average molecular weight is 280 g/mol. The monoisotopic (exact) mass is 279 g/mol. The molecule has 1 aliphatic heterocycles. The zero-order valence-electron chi connectivity index (χ0n) is 11.2. The minimum absolute atomic E-state index is 0.302. The molecule has 3 rings (SSSR count). The van der Waals surface area contributed by atoms with Gasteiger partial charge in [0, 0.05) is 18.1 Å². The van der Waals surface area contributed by atoms with E-state index < -0.39 is 0 Å². The Hall–Kier alpha value is -1.10. The summed E-state index contributed by atoms with van der Waals surface area (Å²) in [4.78, 5) is 4.75. The van der Waals surface area contributed by atoms with Crippen molar-refractivity contribution in [1.82, 2.24) is 14.9 Å².